The van der Waals surface area contributed by atoms with Crippen LogP contribution in [0.15, 0.2) is 40.9 Å². The summed E-state index contributed by atoms with van der Waals surface area (Å²) < 4.78 is 14.6. The summed E-state index contributed by atoms with van der Waals surface area (Å²) in [5, 5.41) is 12.2. The van der Waals surface area contributed by atoms with E-state index < -0.39 is 5.82 Å². The molecule has 2 rings (SSSR count). The molecule has 0 aliphatic rings. The van der Waals surface area contributed by atoms with Crippen molar-refractivity contribution in [2.75, 3.05) is 5.32 Å². The Kier molecular flexibility index (Phi) is 4.41. The second-order valence-corrected chi connectivity index (χ2v) is 5.22. The Labute approximate surface area is 123 Å². The van der Waals surface area contributed by atoms with E-state index in [1.807, 2.05) is 18.2 Å². The number of nitrogens with one attached hydrogen (secondary N) is 1. The zero-order valence-electron chi connectivity index (χ0n) is 9.75. The van der Waals surface area contributed by atoms with Crippen LogP contribution in [0.25, 0.3) is 0 Å². The lowest BCUT2D eigenvalue weighted by molar-refractivity contribution is 0.629. The van der Waals surface area contributed by atoms with Crippen molar-refractivity contribution in [3.8, 4) is 6.07 Å². The monoisotopic (exact) mass is 338 g/mol. The van der Waals surface area contributed by atoms with Crippen LogP contribution in [0, 0.1) is 17.1 Å². The lowest BCUT2D eigenvalue weighted by Crippen LogP contribution is -2.02. The van der Waals surface area contributed by atoms with Crippen LogP contribution < -0.4 is 5.32 Å². The highest BCUT2D eigenvalue weighted by Crippen LogP contribution is 2.23. The Bertz CT molecular complexity index is 652. The maximum atomic E-state index is 13.7. The van der Waals surface area contributed by atoms with Gasteiger partial charge >= 0.3 is 0 Å². The Balaban J connectivity index is 2.15. The normalized spacial score (nSPS) is 10.0. The smallest absolute Gasteiger partial charge is 0.147 e. The molecule has 0 aromatic heterocycles. The molecule has 1 N–H and O–H groups in total. The first kappa shape index (κ1) is 13.9. The van der Waals surface area contributed by atoms with Crippen LogP contribution in [0.2, 0.25) is 5.02 Å². The molecular weight excluding hydrogens is 331 g/mol. The van der Waals surface area contributed by atoms with E-state index in [1.165, 1.54) is 6.07 Å². The number of hydrogen-bond donors (Lipinski definition) is 1. The molecule has 0 aliphatic carbocycles. The second-order valence-electron chi connectivity index (χ2n) is 3.90. The first-order valence-electron chi connectivity index (χ1n) is 5.47. The third-order valence-corrected chi connectivity index (χ3v) is 3.44. The van der Waals surface area contributed by atoms with E-state index in [2.05, 4.69) is 21.2 Å². The van der Waals surface area contributed by atoms with Gasteiger partial charge in [0.1, 0.15) is 5.82 Å². The van der Waals surface area contributed by atoms with Crippen LogP contribution in [0.3, 0.4) is 0 Å². The Hall–Kier alpha value is -1.57. The molecule has 2 nitrogen and oxygen atoms in total. The van der Waals surface area contributed by atoms with Gasteiger partial charge in [0.25, 0.3) is 0 Å². The van der Waals surface area contributed by atoms with Crippen molar-refractivity contribution in [1.82, 2.24) is 0 Å². The molecule has 2 aromatic carbocycles. The van der Waals surface area contributed by atoms with E-state index in [-0.39, 0.29) is 0 Å². The zero-order chi connectivity index (χ0) is 13.8. The number of halogens is 3. The Morgan fingerprint density at radius 2 is 2.05 bits per heavy atom. The summed E-state index contributed by atoms with van der Waals surface area (Å²) in [6.45, 7) is 0.404. The third-order valence-electron chi connectivity index (χ3n) is 2.58. The fraction of sp³-hybridized carbons (Fsp3) is 0.0714. The average molecular weight is 340 g/mol. The van der Waals surface area contributed by atoms with Crippen molar-refractivity contribution >= 4 is 33.2 Å². The highest BCUT2D eigenvalue weighted by Gasteiger charge is 2.05. The molecule has 0 amide bonds. The van der Waals surface area contributed by atoms with E-state index >= 15 is 0 Å². The summed E-state index contributed by atoms with van der Waals surface area (Å²) in [5.41, 5.74) is 1.50. The fourth-order valence-electron chi connectivity index (χ4n) is 1.60. The number of hydrogen-bond acceptors (Lipinski definition) is 2. The highest BCUT2D eigenvalue weighted by molar-refractivity contribution is 9.10. The molecule has 0 fully saturated rings. The van der Waals surface area contributed by atoms with Crippen LogP contribution in [0.4, 0.5) is 10.1 Å². The fourth-order valence-corrected chi connectivity index (χ4v) is 2.19. The molecule has 96 valence electrons. The van der Waals surface area contributed by atoms with E-state index in [1.54, 1.807) is 18.2 Å². The van der Waals surface area contributed by atoms with Crippen LogP contribution >= 0.6 is 27.5 Å². The first-order valence-corrected chi connectivity index (χ1v) is 6.64. The summed E-state index contributed by atoms with van der Waals surface area (Å²) in [5.74, 6) is -0.454. The Morgan fingerprint density at radius 1 is 1.26 bits per heavy atom. The molecule has 0 radical (unpaired) electrons. The van der Waals surface area contributed by atoms with Crippen LogP contribution in [0.1, 0.15) is 11.1 Å². The number of nitrogens with zero attached hydrogens (tertiary/aromatic N) is 1. The summed E-state index contributed by atoms with van der Waals surface area (Å²) in [7, 11) is 0. The van der Waals surface area contributed by atoms with Gasteiger partial charge in [-0.2, -0.15) is 5.26 Å². The molecule has 0 saturated carbocycles. The standard InChI is InChI=1S/C14H9BrClFN2/c15-11-2-3-12(16)10(6-11)8-19-14-4-1-9(7-18)5-13(14)17/h1-6,19H,8H2. The summed E-state index contributed by atoms with van der Waals surface area (Å²) in [6, 6.07) is 11.7. The van der Waals surface area contributed by atoms with Gasteiger partial charge in [-0.05, 0) is 42.0 Å². The van der Waals surface area contributed by atoms with Crippen LogP contribution in [-0.4, -0.2) is 0 Å². The van der Waals surface area contributed by atoms with Crippen molar-refractivity contribution < 1.29 is 4.39 Å². The lowest BCUT2D eigenvalue weighted by atomic mass is 10.2. The van der Waals surface area contributed by atoms with Crippen LogP contribution in [-0.2, 0) is 6.54 Å². The number of anilines is 1. The molecule has 0 atom stereocenters. The van der Waals surface area contributed by atoms with Gasteiger partial charge in [-0.25, -0.2) is 4.39 Å². The largest absolute Gasteiger partial charge is 0.379 e. The topological polar surface area (TPSA) is 35.8 Å². The molecule has 0 bridgehead atoms. The molecule has 2 aromatic rings. The van der Waals surface area contributed by atoms with Gasteiger partial charge in [0.2, 0.25) is 0 Å². The van der Waals surface area contributed by atoms with E-state index in [0.29, 0.717) is 22.8 Å². The van der Waals surface area contributed by atoms with Crippen molar-refractivity contribution in [3.05, 3.63) is 62.8 Å². The van der Waals surface area contributed by atoms with Crippen molar-refractivity contribution in [3.63, 3.8) is 0 Å². The predicted molar refractivity (Wildman–Crippen MR) is 77.6 cm³/mol. The first-order chi connectivity index (χ1) is 9.10. The lowest BCUT2D eigenvalue weighted by Gasteiger charge is -2.09. The van der Waals surface area contributed by atoms with Crippen molar-refractivity contribution in [2.24, 2.45) is 0 Å². The molecule has 0 spiro atoms. The number of rotatable bonds is 3. The minimum Gasteiger partial charge on any atom is -0.379 e. The zero-order valence-corrected chi connectivity index (χ0v) is 12.1. The van der Waals surface area contributed by atoms with Crippen molar-refractivity contribution in [2.45, 2.75) is 6.54 Å². The van der Waals surface area contributed by atoms with Gasteiger partial charge in [0.15, 0.2) is 0 Å². The summed E-state index contributed by atoms with van der Waals surface area (Å²) in [4.78, 5) is 0. The molecule has 5 heteroatoms. The van der Waals surface area contributed by atoms with Gasteiger partial charge in [-0.3, -0.25) is 0 Å². The number of nitriles is 1. The maximum absolute atomic E-state index is 13.7. The number of benzene rings is 2. The molecular formula is C14H9BrClFN2. The minimum absolute atomic E-state index is 0.295. The molecule has 19 heavy (non-hydrogen) atoms. The van der Waals surface area contributed by atoms with E-state index in [4.69, 9.17) is 16.9 Å². The summed E-state index contributed by atoms with van der Waals surface area (Å²) in [6.07, 6.45) is 0. The minimum atomic E-state index is -0.454. The maximum Gasteiger partial charge on any atom is 0.147 e. The molecule has 0 heterocycles. The van der Waals surface area contributed by atoms with Crippen molar-refractivity contribution in [1.29, 1.82) is 5.26 Å². The van der Waals surface area contributed by atoms with Gasteiger partial charge < -0.3 is 5.32 Å². The van der Waals surface area contributed by atoms with Gasteiger partial charge in [-0.1, -0.05) is 27.5 Å². The predicted octanol–water partition coefficient (Wildman–Crippen LogP) is 4.73. The van der Waals surface area contributed by atoms with E-state index in [0.717, 1.165) is 10.0 Å². The average Bonchev–Trinajstić information content (AvgIpc) is 2.40. The SMILES string of the molecule is N#Cc1ccc(NCc2cc(Br)ccc2Cl)c(F)c1. The van der Waals surface area contributed by atoms with Gasteiger partial charge in [-0.15, -0.1) is 0 Å². The molecule has 0 unspecified atom stereocenters. The summed E-state index contributed by atoms with van der Waals surface area (Å²) >= 11 is 9.41. The second kappa shape index (κ2) is 6.05. The molecule has 0 aliphatic heterocycles. The highest BCUT2D eigenvalue weighted by atomic mass is 79.9. The quantitative estimate of drug-likeness (QED) is 0.878. The van der Waals surface area contributed by atoms with E-state index in [9.17, 15) is 4.39 Å². The molecule has 0 saturated heterocycles. The van der Waals surface area contributed by atoms with Crippen LogP contribution in [0.5, 0.6) is 0 Å². The Morgan fingerprint density at radius 3 is 2.74 bits per heavy atom. The third kappa shape index (κ3) is 3.46. The van der Waals surface area contributed by atoms with Gasteiger partial charge in [0, 0.05) is 16.0 Å². The van der Waals surface area contributed by atoms with Gasteiger partial charge in [0.05, 0.1) is 17.3 Å².